The number of aromatic nitrogens is 2. The van der Waals surface area contributed by atoms with E-state index in [0.717, 1.165) is 53.4 Å². The van der Waals surface area contributed by atoms with E-state index in [1.807, 2.05) is 18.2 Å². The first kappa shape index (κ1) is 13.6. The Hall–Kier alpha value is -1.36. The molecule has 1 fully saturated rings. The van der Waals surface area contributed by atoms with Crippen LogP contribution in [0.4, 0.5) is 0 Å². The van der Waals surface area contributed by atoms with Gasteiger partial charge in [0.05, 0.1) is 17.5 Å². The third-order valence-electron chi connectivity index (χ3n) is 4.23. The molecule has 4 nitrogen and oxygen atoms in total. The quantitative estimate of drug-likeness (QED) is 0.889. The number of benzene rings is 1. The number of carboxylic acids is 1. The summed E-state index contributed by atoms with van der Waals surface area (Å²) in [5.41, 5.74) is 1.82. The van der Waals surface area contributed by atoms with Crippen LogP contribution < -0.4 is 0 Å². The molecule has 1 aromatic carbocycles. The molecule has 1 aliphatic rings. The second kappa shape index (κ2) is 5.20. The number of carboxylic acid groups (broad SMARTS) is 1. The molecule has 1 saturated carbocycles. The van der Waals surface area contributed by atoms with Crippen molar-refractivity contribution in [2.45, 2.75) is 38.5 Å². The summed E-state index contributed by atoms with van der Waals surface area (Å²) < 4.78 is 1.02. The van der Waals surface area contributed by atoms with Crippen molar-refractivity contribution in [1.29, 1.82) is 0 Å². The Balaban J connectivity index is 1.88. The highest BCUT2D eigenvalue weighted by Gasteiger charge is 2.37. The molecule has 0 unspecified atom stereocenters. The minimum Gasteiger partial charge on any atom is -0.481 e. The van der Waals surface area contributed by atoms with Crippen LogP contribution in [0.15, 0.2) is 22.7 Å². The number of nitrogens with zero attached hydrogens (tertiary/aromatic N) is 1. The van der Waals surface area contributed by atoms with Crippen LogP contribution >= 0.6 is 15.9 Å². The first-order chi connectivity index (χ1) is 9.56. The Morgan fingerprint density at radius 1 is 1.40 bits per heavy atom. The van der Waals surface area contributed by atoms with E-state index in [1.54, 1.807) is 0 Å². The van der Waals surface area contributed by atoms with Gasteiger partial charge in [-0.15, -0.1) is 0 Å². The lowest BCUT2D eigenvalue weighted by Gasteiger charge is -2.25. The molecule has 0 radical (unpaired) electrons. The standard InChI is InChI=1S/C15H17BrN2O2/c16-10-3-4-11-12(7-10)18-13(17-11)8-15(9-14(19)20)5-1-2-6-15/h3-4,7H,1-2,5-6,8-9H2,(H,17,18)(H,19,20). The summed E-state index contributed by atoms with van der Waals surface area (Å²) in [6, 6.07) is 5.94. The van der Waals surface area contributed by atoms with Crippen LogP contribution in [-0.2, 0) is 11.2 Å². The Labute approximate surface area is 125 Å². The van der Waals surface area contributed by atoms with Crippen molar-refractivity contribution in [2.75, 3.05) is 0 Å². The number of aromatic amines is 1. The van der Waals surface area contributed by atoms with Gasteiger partial charge in [0, 0.05) is 10.9 Å². The van der Waals surface area contributed by atoms with Crippen LogP contribution in [0.25, 0.3) is 11.0 Å². The van der Waals surface area contributed by atoms with Crippen molar-refractivity contribution in [3.63, 3.8) is 0 Å². The summed E-state index contributed by atoms with van der Waals surface area (Å²) >= 11 is 3.45. The molecule has 0 bridgehead atoms. The molecule has 3 rings (SSSR count). The average Bonchev–Trinajstić information content (AvgIpc) is 2.94. The molecule has 2 N–H and O–H groups in total. The summed E-state index contributed by atoms with van der Waals surface area (Å²) in [5.74, 6) is 0.201. The Morgan fingerprint density at radius 3 is 2.85 bits per heavy atom. The van der Waals surface area contributed by atoms with E-state index >= 15 is 0 Å². The minimum atomic E-state index is -0.703. The maximum atomic E-state index is 11.1. The highest BCUT2D eigenvalue weighted by molar-refractivity contribution is 9.10. The van der Waals surface area contributed by atoms with E-state index in [0.29, 0.717) is 0 Å². The molecular formula is C15H17BrN2O2. The summed E-state index contributed by atoms with van der Waals surface area (Å²) in [7, 11) is 0. The third-order valence-corrected chi connectivity index (χ3v) is 4.72. The number of rotatable bonds is 4. The van der Waals surface area contributed by atoms with Crippen molar-refractivity contribution in [3.05, 3.63) is 28.5 Å². The molecule has 20 heavy (non-hydrogen) atoms. The van der Waals surface area contributed by atoms with Gasteiger partial charge in [0.15, 0.2) is 0 Å². The molecule has 0 amide bonds. The topological polar surface area (TPSA) is 66.0 Å². The monoisotopic (exact) mass is 336 g/mol. The molecular weight excluding hydrogens is 320 g/mol. The first-order valence-corrected chi connectivity index (χ1v) is 7.72. The van der Waals surface area contributed by atoms with E-state index in [9.17, 15) is 4.79 Å². The normalized spacial score (nSPS) is 17.6. The van der Waals surface area contributed by atoms with Crippen molar-refractivity contribution in [3.8, 4) is 0 Å². The number of H-pyrrole nitrogens is 1. The number of nitrogens with one attached hydrogen (secondary N) is 1. The van der Waals surface area contributed by atoms with Crippen LogP contribution in [0, 0.1) is 5.41 Å². The lowest BCUT2D eigenvalue weighted by molar-refractivity contribution is -0.139. The van der Waals surface area contributed by atoms with E-state index in [1.165, 1.54) is 0 Å². The van der Waals surface area contributed by atoms with E-state index in [-0.39, 0.29) is 11.8 Å². The molecule has 106 valence electrons. The predicted molar refractivity (Wildman–Crippen MR) is 80.7 cm³/mol. The van der Waals surface area contributed by atoms with Gasteiger partial charge in [0.2, 0.25) is 0 Å². The van der Waals surface area contributed by atoms with Gasteiger partial charge in [-0.3, -0.25) is 4.79 Å². The average molecular weight is 337 g/mol. The number of hydrogen-bond donors (Lipinski definition) is 2. The van der Waals surface area contributed by atoms with Gasteiger partial charge in [0.25, 0.3) is 0 Å². The molecule has 0 aliphatic heterocycles. The molecule has 5 heteroatoms. The maximum absolute atomic E-state index is 11.1. The molecule has 0 atom stereocenters. The Kier molecular flexibility index (Phi) is 3.54. The zero-order chi connectivity index (χ0) is 14.2. The number of imidazole rings is 1. The van der Waals surface area contributed by atoms with Crippen molar-refractivity contribution in [2.24, 2.45) is 5.41 Å². The van der Waals surface area contributed by atoms with Crippen molar-refractivity contribution < 1.29 is 9.90 Å². The molecule has 1 aliphatic carbocycles. The lowest BCUT2D eigenvalue weighted by Crippen LogP contribution is -2.24. The van der Waals surface area contributed by atoms with Gasteiger partial charge >= 0.3 is 5.97 Å². The second-order valence-corrected chi connectivity index (χ2v) is 6.72. The van der Waals surface area contributed by atoms with Crippen molar-refractivity contribution in [1.82, 2.24) is 9.97 Å². The summed E-state index contributed by atoms with van der Waals surface area (Å²) in [5, 5.41) is 9.16. The summed E-state index contributed by atoms with van der Waals surface area (Å²) in [6.45, 7) is 0. The Morgan fingerprint density at radius 2 is 2.15 bits per heavy atom. The van der Waals surface area contributed by atoms with Gasteiger partial charge in [-0.1, -0.05) is 28.8 Å². The van der Waals surface area contributed by atoms with Gasteiger partial charge in [-0.05, 0) is 36.5 Å². The predicted octanol–water partition coefficient (Wildman–Crippen LogP) is 3.90. The van der Waals surface area contributed by atoms with E-state index in [4.69, 9.17) is 5.11 Å². The van der Waals surface area contributed by atoms with Crippen LogP contribution in [0.3, 0.4) is 0 Å². The molecule has 0 spiro atoms. The van der Waals surface area contributed by atoms with Crippen LogP contribution in [-0.4, -0.2) is 21.0 Å². The smallest absolute Gasteiger partial charge is 0.303 e. The van der Waals surface area contributed by atoms with Gasteiger partial charge < -0.3 is 10.1 Å². The number of carbonyl (C=O) groups is 1. The van der Waals surface area contributed by atoms with Gasteiger partial charge in [0.1, 0.15) is 5.82 Å². The molecule has 0 saturated heterocycles. The highest BCUT2D eigenvalue weighted by atomic mass is 79.9. The molecule has 1 heterocycles. The van der Waals surface area contributed by atoms with Crippen LogP contribution in [0.1, 0.15) is 37.9 Å². The number of aliphatic carboxylic acids is 1. The summed E-state index contributed by atoms with van der Waals surface area (Å²) in [6.07, 6.45) is 5.19. The van der Waals surface area contributed by atoms with Crippen molar-refractivity contribution >= 4 is 32.9 Å². The summed E-state index contributed by atoms with van der Waals surface area (Å²) in [4.78, 5) is 19.1. The molecule has 1 aromatic heterocycles. The zero-order valence-corrected chi connectivity index (χ0v) is 12.7. The van der Waals surface area contributed by atoms with Crippen LogP contribution in [0.2, 0.25) is 0 Å². The SMILES string of the molecule is O=C(O)CC1(Cc2nc3ccc(Br)cc3[nH]2)CCCC1. The van der Waals surface area contributed by atoms with Gasteiger partial charge in [-0.2, -0.15) is 0 Å². The number of halogens is 1. The fraction of sp³-hybridized carbons (Fsp3) is 0.467. The Bertz CT molecular complexity index is 644. The number of fused-ring (bicyclic) bond motifs is 1. The van der Waals surface area contributed by atoms with E-state index in [2.05, 4.69) is 25.9 Å². The minimum absolute atomic E-state index is 0.114. The largest absolute Gasteiger partial charge is 0.481 e. The highest BCUT2D eigenvalue weighted by Crippen LogP contribution is 2.43. The van der Waals surface area contributed by atoms with Crippen LogP contribution in [0.5, 0.6) is 0 Å². The first-order valence-electron chi connectivity index (χ1n) is 6.92. The second-order valence-electron chi connectivity index (χ2n) is 5.80. The number of hydrogen-bond acceptors (Lipinski definition) is 2. The zero-order valence-electron chi connectivity index (χ0n) is 11.2. The molecule has 2 aromatic rings. The van der Waals surface area contributed by atoms with E-state index < -0.39 is 5.97 Å². The van der Waals surface area contributed by atoms with Gasteiger partial charge in [-0.25, -0.2) is 4.98 Å². The fourth-order valence-electron chi connectivity index (χ4n) is 3.34. The maximum Gasteiger partial charge on any atom is 0.303 e. The third kappa shape index (κ3) is 2.73. The lowest BCUT2D eigenvalue weighted by atomic mass is 9.79. The fourth-order valence-corrected chi connectivity index (χ4v) is 3.70.